The molecule has 0 aromatic heterocycles. The molecule has 3 heteroatoms. The molecule has 0 saturated heterocycles. The van der Waals surface area contributed by atoms with Crippen LogP contribution in [0.3, 0.4) is 0 Å². The minimum Gasteiger partial charge on any atom is -1.00 e. The summed E-state index contributed by atoms with van der Waals surface area (Å²) < 4.78 is 5.65. The first-order valence-corrected chi connectivity index (χ1v) is 5.73. The van der Waals surface area contributed by atoms with Crippen LogP contribution in [0, 0.1) is 0 Å². The topological polar surface area (TPSA) is 9.23 Å². The fourth-order valence-electron chi connectivity index (χ4n) is 1.42. The normalized spacial score (nSPS) is 9.47. The van der Waals surface area contributed by atoms with Crippen LogP contribution in [0.2, 0.25) is 0 Å². The van der Waals surface area contributed by atoms with Crippen molar-refractivity contribution in [3.8, 4) is 5.75 Å². The van der Waals surface area contributed by atoms with E-state index in [1.807, 2.05) is 54.6 Å². The Balaban J connectivity index is 0. The maximum atomic E-state index is 5.71. The average molecular weight is 259 g/mol. The van der Waals surface area contributed by atoms with Gasteiger partial charge in [0.05, 0.1) is 0 Å². The van der Waals surface area contributed by atoms with E-state index < -0.39 is 0 Å². The van der Waals surface area contributed by atoms with Gasteiger partial charge in [-0.2, -0.15) is 0 Å². The smallest absolute Gasteiger partial charge is 1.00 e. The van der Waals surface area contributed by atoms with E-state index >= 15 is 0 Å². The van der Waals surface area contributed by atoms with Crippen LogP contribution in [0.5, 0.6) is 5.75 Å². The molecule has 0 fully saturated rings. The van der Waals surface area contributed by atoms with Crippen molar-refractivity contribution < 1.29 is 7.59 Å². The van der Waals surface area contributed by atoms with Gasteiger partial charge >= 0.3 is 23.1 Å². The Labute approximate surface area is 126 Å². The molecule has 0 N–H and O–H groups in total. The van der Waals surface area contributed by atoms with Crippen LogP contribution in [-0.2, 0) is 12.5 Å². The predicted molar refractivity (Wildman–Crippen MR) is 74.8 cm³/mol. The van der Waals surface area contributed by atoms with Crippen molar-refractivity contribution in [3.63, 3.8) is 0 Å². The fourth-order valence-corrected chi connectivity index (χ4v) is 1.59. The third kappa shape index (κ3) is 4.58. The molecule has 0 unspecified atom stereocenters. The molecule has 0 aliphatic carbocycles. The maximum Gasteiger partial charge on any atom is 2.00 e. The molecule has 0 spiro atoms. The van der Waals surface area contributed by atoms with Crippen LogP contribution in [0.15, 0.2) is 54.6 Å². The fraction of sp³-hybridized carbons (Fsp3) is 0.143. The molecule has 1 nitrogen and oxygen atoms in total. The number of hydrogen-bond acceptors (Lipinski definition) is 1. The van der Waals surface area contributed by atoms with Gasteiger partial charge in [0.25, 0.3) is 0 Å². The number of rotatable bonds is 4. The van der Waals surface area contributed by atoms with E-state index in [4.69, 9.17) is 16.3 Å². The number of ether oxygens (including phenoxy) is 1. The molecule has 0 bridgehead atoms. The van der Waals surface area contributed by atoms with Crippen molar-refractivity contribution in [3.05, 3.63) is 65.7 Å². The molecule has 86 valence electrons. The third-order valence-electron chi connectivity index (χ3n) is 2.33. The zero-order valence-corrected chi connectivity index (χ0v) is 11.8. The molecule has 0 aliphatic heterocycles. The van der Waals surface area contributed by atoms with Crippen molar-refractivity contribution in [1.29, 1.82) is 0 Å². The summed E-state index contributed by atoms with van der Waals surface area (Å²) in [4.78, 5) is 0. The van der Waals surface area contributed by atoms with Crippen molar-refractivity contribution in [2.45, 2.75) is 12.5 Å². The largest absolute Gasteiger partial charge is 2.00 e. The van der Waals surface area contributed by atoms with Gasteiger partial charge in [-0.1, -0.05) is 42.5 Å². The van der Waals surface area contributed by atoms with Gasteiger partial charge in [0, 0.05) is 5.88 Å². The summed E-state index contributed by atoms with van der Waals surface area (Å²) in [6.07, 6.45) is 0. The summed E-state index contributed by atoms with van der Waals surface area (Å²) in [5, 5.41) is 0. The summed E-state index contributed by atoms with van der Waals surface area (Å²) in [5.41, 5.74) is 2.28. The molecule has 2 rings (SSSR count). The molecular formula is C14H15ClMgO. The van der Waals surface area contributed by atoms with Crippen LogP contribution in [0.1, 0.15) is 14.0 Å². The summed E-state index contributed by atoms with van der Waals surface area (Å²) in [5.74, 6) is 1.41. The number of alkyl halides is 1. The van der Waals surface area contributed by atoms with Crippen LogP contribution < -0.4 is 4.74 Å². The SMILES string of the molecule is ClCc1ccc(OCc2ccccc2)cc1.[H-].[H-].[Mg+2]. The molecule has 2 aromatic carbocycles. The van der Waals surface area contributed by atoms with Crippen LogP contribution in [-0.4, -0.2) is 23.1 Å². The third-order valence-corrected chi connectivity index (χ3v) is 2.63. The van der Waals surface area contributed by atoms with Gasteiger partial charge in [-0.05, 0) is 23.3 Å². The molecule has 2 aromatic rings. The summed E-state index contributed by atoms with van der Waals surface area (Å²) >= 11 is 5.71. The van der Waals surface area contributed by atoms with Crippen molar-refractivity contribution in [2.24, 2.45) is 0 Å². The molecule has 0 amide bonds. The van der Waals surface area contributed by atoms with Gasteiger partial charge in [-0.25, -0.2) is 0 Å². The first kappa shape index (κ1) is 14.4. The Bertz CT molecular complexity index is 437. The Kier molecular flexibility index (Phi) is 6.41. The van der Waals surface area contributed by atoms with Gasteiger partial charge in [0.2, 0.25) is 0 Å². The van der Waals surface area contributed by atoms with Crippen LogP contribution >= 0.6 is 11.6 Å². The van der Waals surface area contributed by atoms with Gasteiger partial charge in [-0.15, -0.1) is 11.6 Å². The Morgan fingerprint density at radius 2 is 1.53 bits per heavy atom. The molecular weight excluding hydrogens is 244 g/mol. The van der Waals surface area contributed by atoms with E-state index in [0.717, 1.165) is 11.3 Å². The standard InChI is InChI=1S/C14H13ClO.Mg.2H/c15-10-12-6-8-14(9-7-12)16-11-13-4-2-1-3-5-13;;;/h1-9H,10-11H2;;;/q;+2;2*-1. The monoisotopic (exact) mass is 258 g/mol. The Morgan fingerprint density at radius 3 is 2.12 bits per heavy atom. The summed E-state index contributed by atoms with van der Waals surface area (Å²) in [6.45, 7) is 0.598. The van der Waals surface area contributed by atoms with Gasteiger partial charge in [0.1, 0.15) is 12.4 Å². The van der Waals surface area contributed by atoms with Gasteiger partial charge in [0.15, 0.2) is 0 Å². The first-order chi connectivity index (χ1) is 7.88. The minimum absolute atomic E-state index is 0. The van der Waals surface area contributed by atoms with Crippen LogP contribution in [0.25, 0.3) is 0 Å². The number of halogens is 1. The van der Waals surface area contributed by atoms with E-state index in [9.17, 15) is 0 Å². The Hall–Kier alpha value is -0.704. The Morgan fingerprint density at radius 1 is 0.882 bits per heavy atom. The van der Waals surface area contributed by atoms with Crippen molar-refractivity contribution in [2.75, 3.05) is 0 Å². The predicted octanol–water partition coefficient (Wildman–Crippen LogP) is 3.85. The zero-order valence-electron chi connectivity index (χ0n) is 11.6. The second-order valence-corrected chi connectivity index (χ2v) is 3.82. The summed E-state index contributed by atoms with van der Waals surface area (Å²) in [6, 6.07) is 18.0. The maximum absolute atomic E-state index is 5.71. The van der Waals surface area contributed by atoms with E-state index in [0.29, 0.717) is 12.5 Å². The van der Waals surface area contributed by atoms with E-state index in [1.165, 1.54) is 5.56 Å². The average Bonchev–Trinajstić information content (AvgIpc) is 2.38. The van der Waals surface area contributed by atoms with Gasteiger partial charge in [-0.3, -0.25) is 0 Å². The van der Waals surface area contributed by atoms with Crippen molar-refractivity contribution in [1.82, 2.24) is 0 Å². The molecule has 0 radical (unpaired) electrons. The van der Waals surface area contributed by atoms with E-state index in [1.54, 1.807) is 0 Å². The summed E-state index contributed by atoms with van der Waals surface area (Å²) in [7, 11) is 0. The molecule has 0 saturated carbocycles. The molecule has 0 atom stereocenters. The first-order valence-electron chi connectivity index (χ1n) is 5.20. The van der Waals surface area contributed by atoms with E-state index in [2.05, 4.69) is 0 Å². The van der Waals surface area contributed by atoms with Crippen LogP contribution in [0.4, 0.5) is 0 Å². The number of benzene rings is 2. The minimum atomic E-state index is 0. The molecule has 17 heavy (non-hydrogen) atoms. The second-order valence-electron chi connectivity index (χ2n) is 3.55. The van der Waals surface area contributed by atoms with E-state index in [-0.39, 0.29) is 25.9 Å². The molecule has 0 aliphatic rings. The van der Waals surface area contributed by atoms with Gasteiger partial charge < -0.3 is 7.59 Å². The second kappa shape index (κ2) is 7.59. The quantitative estimate of drug-likeness (QED) is 0.598. The zero-order chi connectivity index (χ0) is 11.2. The molecule has 0 heterocycles. The van der Waals surface area contributed by atoms with Crippen molar-refractivity contribution >= 4 is 34.7 Å². The number of hydrogen-bond donors (Lipinski definition) is 0.